The van der Waals surface area contributed by atoms with Crippen LogP contribution in [0.25, 0.3) is 11.4 Å². The van der Waals surface area contributed by atoms with E-state index in [9.17, 15) is 0 Å². The SMILES string of the molecule is CCn1c(CN)nnc1-c1ccc(Br)cc1C. The minimum absolute atomic E-state index is 0.413. The van der Waals surface area contributed by atoms with E-state index in [1.54, 1.807) is 0 Å². The Bertz CT molecular complexity index is 533. The van der Waals surface area contributed by atoms with Crippen molar-refractivity contribution in [2.24, 2.45) is 5.73 Å². The molecular formula is C12H15BrN4. The van der Waals surface area contributed by atoms with Gasteiger partial charge in [-0.15, -0.1) is 10.2 Å². The number of halogens is 1. The summed E-state index contributed by atoms with van der Waals surface area (Å²) in [6, 6.07) is 6.14. The molecule has 2 N–H and O–H groups in total. The van der Waals surface area contributed by atoms with Crippen LogP contribution >= 0.6 is 15.9 Å². The van der Waals surface area contributed by atoms with E-state index in [-0.39, 0.29) is 0 Å². The van der Waals surface area contributed by atoms with E-state index in [0.29, 0.717) is 6.54 Å². The summed E-state index contributed by atoms with van der Waals surface area (Å²) >= 11 is 3.46. The van der Waals surface area contributed by atoms with Crippen LogP contribution in [0, 0.1) is 6.92 Å². The summed E-state index contributed by atoms with van der Waals surface area (Å²) in [5.41, 5.74) is 7.92. The minimum Gasteiger partial charge on any atom is -0.324 e. The zero-order valence-electron chi connectivity index (χ0n) is 9.94. The Morgan fingerprint density at radius 2 is 2.12 bits per heavy atom. The fraction of sp³-hybridized carbons (Fsp3) is 0.333. The van der Waals surface area contributed by atoms with Gasteiger partial charge in [0.25, 0.3) is 0 Å². The topological polar surface area (TPSA) is 56.7 Å². The molecule has 0 radical (unpaired) electrons. The summed E-state index contributed by atoms with van der Waals surface area (Å²) in [7, 11) is 0. The number of rotatable bonds is 3. The second-order valence-corrected chi connectivity index (χ2v) is 4.76. The number of hydrogen-bond acceptors (Lipinski definition) is 3. The van der Waals surface area contributed by atoms with E-state index in [2.05, 4.69) is 56.7 Å². The second kappa shape index (κ2) is 4.98. The summed E-state index contributed by atoms with van der Waals surface area (Å²) in [6.07, 6.45) is 0. The van der Waals surface area contributed by atoms with Crippen molar-refractivity contribution in [2.45, 2.75) is 26.9 Å². The molecule has 2 aromatic rings. The molecule has 1 aromatic heterocycles. The van der Waals surface area contributed by atoms with Gasteiger partial charge in [-0.05, 0) is 37.6 Å². The van der Waals surface area contributed by atoms with E-state index in [0.717, 1.165) is 28.2 Å². The van der Waals surface area contributed by atoms with Crippen LogP contribution in [-0.4, -0.2) is 14.8 Å². The van der Waals surface area contributed by atoms with Crippen molar-refractivity contribution >= 4 is 15.9 Å². The van der Waals surface area contributed by atoms with Gasteiger partial charge in [-0.3, -0.25) is 0 Å². The van der Waals surface area contributed by atoms with E-state index in [1.165, 1.54) is 5.56 Å². The Labute approximate surface area is 109 Å². The molecule has 0 fully saturated rings. The van der Waals surface area contributed by atoms with Gasteiger partial charge in [0.1, 0.15) is 5.82 Å². The fourth-order valence-corrected chi connectivity index (χ4v) is 2.37. The molecule has 0 aliphatic carbocycles. The molecule has 0 saturated heterocycles. The van der Waals surface area contributed by atoms with Crippen LogP contribution in [0.5, 0.6) is 0 Å². The third kappa shape index (κ3) is 2.25. The molecule has 5 heteroatoms. The first-order valence-corrected chi connectivity index (χ1v) is 6.35. The van der Waals surface area contributed by atoms with E-state index in [4.69, 9.17) is 5.73 Å². The summed E-state index contributed by atoms with van der Waals surface area (Å²) < 4.78 is 3.12. The average molecular weight is 295 g/mol. The Kier molecular flexibility index (Phi) is 3.59. The highest BCUT2D eigenvalue weighted by molar-refractivity contribution is 9.10. The van der Waals surface area contributed by atoms with Gasteiger partial charge in [0.05, 0.1) is 6.54 Å². The molecule has 1 aromatic carbocycles. The molecule has 0 saturated carbocycles. The zero-order valence-corrected chi connectivity index (χ0v) is 11.5. The van der Waals surface area contributed by atoms with Crippen molar-refractivity contribution in [3.8, 4) is 11.4 Å². The lowest BCUT2D eigenvalue weighted by atomic mass is 10.1. The van der Waals surface area contributed by atoms with Gasteiger partial charge < -0.3 is 10.3 Å². The monoisotopic (exact) mass is 294 g/mol. The van der Waals surface area contributed by atoms with E-state index >= 15 is 0 Å². The second-order valence-electron chi connectivity index (χ2n) is 3.85. The first-order valence-electron chi connectivity index (χ1n) is 5.56. The van der Waals surface area contributed by atoms with Crippen LogP contribution in [0.4, 0.5) is 0 Å². The molecule has 0 amide bonds. The van der Waals surface area contributed by atoms with Crippen molar-refractivity contribution < 1.29 is 0 Å². The number of hydrogen-bond donors (Lipinski definition) is 1. The molecule has 0 bridgehead atoms. The maximum Gasteiger partial charge on any atom is 0.164 e. The highest BCUT2D eigenvalue weighted by atomic mass is 79.9. The Balaban J connectivity index is 2.56. The van der Waals surface area contributed by atoms with Crippen molar-refractivity contribution in [1.29, 1.82) is 0 Å². The van der Waals surface area contributed by atoms with Crippen LogP contribution < -0.4 is 5.73 Å². The molecule has 0 unspecified atom stereocenters. The summed E-state index contributed by atoms with van der Waals surface area (Å²) in [4.78, 5) is 0. The molecule has 1 heterocycles. The van der Waals surface area contributed by atoms with Crippen LogP contribution in [-0.2, 0) is 13.1 Å². The van der Waals surface area contributed by atoms with Gasteiger partial charge in [0.15, 0.2) is 5.82 Å². The molecule has 2 rings (SSSR count). The summed E-state index contributed by atoms with van der Waals surface area (Å²) in [5.74, 6) is 1.71. The van der Waals surface area contributed by atoms with Gasteiger partial charge in [0.2, 0.25) is 0 Å². The van der Waals surface area contributed by atoms with E-state index in [1.807, 2.05) is 6.07 Å². The highest BCUT2D eigenvalue weighted by Crippen LogP contribution is 2.25. The maximum absolute atomic E-state index is 5.65. The molecule has 0 spiro atoms. The largest absolute Gasteiger partial charge is 0.324 e. The Morgan fingerprint density at radius 3 is 2.71 bits per heavy atom. The molecule has 0 atom stereocenters. The van der Waals surface area contributed by atoms with Crippen LogP contribution in [0.1, 0.15) is 18.3 Å². The zero-order chi connectivity index (χ0) is 12.4. The highest BCUT2D eigenvalue weighted by Gasteiger charge is 2.13. The molecule has 17 heavy (non-hydrogen) atoms. The number of benzene rings is 1. The lowest BCUT2D eigenvalue weighted by molar-refractivity contribution is 0.704. The first-order chi connectivity index (χ1) is 8.17. The van der Waals surface area contributed by atoms with E-state index < -0.39 is 0 Å². The van der Waals surface area contributed by atoms with Crippen LogP contribution in [0.3, 0.4) is 0 Å². The van der Waals surface area contributed by atoms with Gasteiger partial charge in [-0.2, -0.15) is 0 Å². The van der Waals surface area contributed by atoms with Crippen molar-refractivity contribution in [1.82, 2.24) is 14.8 Å². The standard InChI is InChI=1S/C12H15BrN4/c1-3-17-11(7-14)15-16-12(17)10-5-4-9(13)6-8(10)2/h4-6H,3,7,14H2,1-2H3. The number of aryl methyl sites for hydroxylation is 1. The molecule has 4 nitrogen and oxygen atoms in total. The number of nitrogens with zero attached hydrogens (tertiary/aromatic N) is 3. The number of nitrogens with two attached hydrogens (primary N) is 1. The lowest BCUT2D eigenvalue weighted by Gasteiger charge is -2.08. The van der Waals surface area contributed by atoms with Crippen molar-refractivity contribution in [2.75, 3.05) is 0 Å². The molecule has 0 aliphatic heterocycles. The maximum atomic E-state index is 5.65. The Hall–Kier alpha value is -1.20. The van der Waals surface area contributed by atoms with Crippen molar-refractivity contribution in [3.63, 3.8) is 0 Å². The summed E-state index contributed by atoms with van der Waals surface area (Å²) in [6.45, 7) is 5.37. The molecular weight excluding hydrogens is 280 g/mol. The lowest BCUT2D eigenvalue weighted by Crippen LogP contribution is -2.08. The van der Waals surface area contributed by atoms with Gasteiger partial charge in [0, 0.05) is 16.6 Å². The van der Waals surface area contributed by atoms with Gasteiger partial charge in [-0.1, -0.05) is 15.9 Å². The predicted octanol–water partition coefficient (Wildman–Crippen LogP) is 2.49. The predicted molar refractivity (Wildman–Crippen MR) is 71.5 cm³/mol. The van der Waals surface area contributed by atoms with Crippen LogP contribution in [0.2, 0.25) is 0 Å². The fourth-order valence-electron chi connectivity index (χ4n) is 1.90. The molecule has 90 valence electrons. The smallest absolute Gasteiger partial charge is 0.164 e. The molecule has 0 aliphatic rings. The summed E-state index contributed by atoms with van der Waals surface area (Å²) in [5, 5.41) is 8.36. The number of aromatic nitrogens is 3. The van der Waals surface area contributed by atoms with Crippen LogP contribution in [0.15, 0.2) is 22.7 Å². The average Bonchev–Trinajstić information content (AvgIpc) is 2.71. The minimum atomic E-state index is 0.413. The normalized spacial score (nSPS) is 10.8. The first kappa shape index (κ1) is 12.3. The quantitative estimate of drug-likeness (QED) is 0.946. The third-order valence-electron chi connectivity index (χ3n) is 2.76. The van der Waals surface area contributed by atoms with Crippen molar-refractivity contribution in [3.05, 3.63) is 34.1 Å². The van der Waals surface area contributed by atoms with Gasteiger partial charge >= 0.3 is 0 Å². The third-order valence-corrected chi connectivity index (χ3v) is 3.25. The van der Waals surface area contributed by atoms with Gasteiger partial charge in [-0.25, -0.2) is 0 Å². The Morgan fingerprint density at radius 1 is 1.35 bits per heavy atom.